The molecule has 0 spiro atoms. The first kappa shape index (κ1) is 11.9. The van der Waals surface area contributed by atoms with Crippen molar-refractivity contribution in [2.75, 3.05) is 0 Å². The zero-order valence-corrected chi connectivity index (χ0v) is 8.99. The van der Waals surface area contributed by atoms with Crippen molar-refractivity contribution in [3.05, 3.63) is 39.9 Å². The van der Waals surface area contributed by atoms with Crippen molar-refractivity contribution in [1.82, 2.24) is 5.32 Å². The second kappa shape index (κ2) is 4.34. The van der Waals surface area contributed by atoms with Crippen molar-refractivity contribution in [3.63, 3.8) is 0 Å². The predicted molar refractivity (Wildman–Crippen MR) is 60.8 cm³/mol. The van der Waals surface area contributed by atoms with Gasteiger partial charge in [0.1, 0.15) is 5.84 Å². The first-order valence-electron chi connectivity index (χ1n) is 4.93. The number of non-ortho nitro benzene ring substituents is 1. The van der Waals surface area contributed by atoms with Crippen LogP contribution in [0.15, 0.2) is 29.3 Å². The van der Waals surface area contributed by atoms with Crippen LogP contribution < -0.4 is 11.1 Å². The zero-order valence-electron chi connectivity index (χ0n) is 8.99. The van der Waals surface area contributed by atoms with E-state index in [1.165, 1.54) is 24.3 Å². The van der Waals surface area contributed by atoms with Gasteiger partial charge in [0, 0.05) is 17.7 Å². The molecule has 0 bridgehead atoms. The van der Waals surface area contributed by atoms with Gasteiger partial charge in [-0.05, 0) is 12.1 Å². The summed E-state index contributed by atoms with van der Waals surface area (Å²) in [6.07, 6.45) is 0. The summed E-state index contributed by atoms with van der Waals surface area (Å²) in [5.74, 6) is -1.35. The molecule has 1 aliphatic rings. The standard InChI is InChI=1S/C10H8N4O4/c11-7-9(15)12-8(13-10(7)16)5-1-3-6(4-2-5)14(17)18/h1-4,7H,11H2,(H,12,13,15,16). The Labute approximate surface area is 101 Å². The molecule has 0 saturated carbocycles. The Hall–Kier alpha value is -2.61. The number of nitrogens with zero attached hydrogens (tertiary/aromatic N) is 2. The number of nitro benzene ring substituents is 1. The van der Waals surface area contributed by atoms with E-state index < -0.39 is 22.8 Å². The van der Waals surface area contributed by atoms with Crippen LogP contribution in [0.25, 0.3) is 0 Å². The summed E-state index contributed by atoms with van der Waals surface area (Å²) in [5.41, 5.74) is 5.57. The maximum atomic E-state index is 11.3. The highest BCUT2D eigenvalue weighted by Crippen LogP contribution is 2.13. The molecule has 8 heteroatoms. The second-order valence-electron chi connectivity index (χ2n) is 3.57. The Kier molecular flexibility index (Phi) is 2.86. The Morgan fingerprint density at radius 1 is 1.28 bits per heavy atom. The number of rotatable bonds is 2. The molecule has 0 aromatic heterocycles. The van der Waals surface area contributed by atoms with Gasteiger partial charge in [-0.15, -0.1) is 0 Å². The smallest absolute Gasteiger partial charge is 0.274 e. The molecule has 3 N–H and O–H groups in total. The summed E-state index contributed by atoms with van der Waals surface area (Å²) in [4.78, 5) is 36.1. The SMILES string of the molecule is NC1C(=O)N=C(c2ccc([N+](=O)[O-])cc2)NC1=O. The Balaban J connectivity index is 2.32. The average molecular weight is 248 g/mol. The van der Waals surface area contributed by atoms with Crippen molar-refractivity contribution in [1.29, 1.82) is 0 Å². The number of amides is 2. The monoisotopic (exact) mass is 248 g/mol. The van der Waals surface area contributed by atoms with Crippen LogP contribution in [0.4, 0.5) is 5.69 Å². The van der Waals surface area contributed by atoms with Gasteiger partial charge in [0.05, 0.1) is 4.92 Å². The van der Waals surface area contributed by atoms with Crippen molar-refractivity contribution >= 4 is 23.3 Å². The number of nitro groups is 1. The van der Waals surface area contributed by atoms with Gasteiger partial charge < -0.3 is 11.1 Å². The van der Waals surface area contributed by atoms with E-state index in [0.29, 0.717) is 5.56 Å². The number of carbonyl (C=O) groups excluding carboxylic acids is 2. The Morgan fingerprint density at radius 3 is 2.39 bits per heavy atom. The minimum Gasteiger partial charge on any atom is -0.312 e. The summed E-state index contributed by atoms with van der Waals surface area (Å²) in [6.45, 7) is 0. The van der Waals surface area contributed by atoms with Crippen LogP contribution in [-0.4, -0.2) is 28.6 Å². The molecule has 1 heterocycles. The minimum atomic E-state index is -1.30. The van der Waals surface area contributed by atoms with E-state index in [9.17, 15) is 19.7 Å². The lowest BCUT2D eigenvalue weighted by Crippen LogP contribution is -2.52. The average Bonchev–Trinajstić information content (AvgIpc) is 2.35. The molecular formula is C10H8N4O4. The van der Waals surface area contributed by atoms with Crippen molar-refractivity contribution in [3.8, 4) is 0 Å². The number of benzene rings is 1. The summed E-state index contributed by atoms with van der Waals surface area (Å²) in [5, 5.41) is 12.8. The van der Waals surface area contributed by atoms with Gasteiger partial charge in [0.15, 0.2) is 6.04 Å². The first-order chi connectivity index (χ1) is 8.49. The first-order valence-corrected chi connectivity index (χ1v) is 4.93. The lowest BCUT2D eigenvalue weighted by molar-refractivity contribution is -0.384. The number of nitrogens with one attached hydrogen (secondary N) is 1. The van der Waals surface area contributed by atoms with Crippen LogP contribution in [-0.2, 0) is 9.59 Å². The van der Waals surface area contributed by atoms with E-state index >= 15 is 0 Å². The third-order valence-corrected chi connectivity index (χ3v) is 2.36. The second-order valence-corrected chi connectivity index (χ2v) is 3.57. The zero-order chi connectivity index (χ0) is 13.3. The van der Waals surface area contributed by atoms with Crippen LogP contribution in [0, 0.1) is 10.1 Å². The van der Waals surface area contributed by atoms with Crippen LogP contribution in [0.2, 0.25) is 0 Å². The maximum Gasteiger partial charge on any atom is 0.274 e. The summed E-state index contributed by atoms with van der Waals surface area (Å²) in [7, 11) is 0. The normalized spacial score (nSPS) is 19.2. The quantitative estimate of drug-likeness (QED) is 0.407. The molecule has 92 valence electrons. The number of amidine groups is 1. The molecule has 1 atom stereocenters. The van der Waals surface area contributed by atoms with Crippen molar-refractivity contribution in [2.24, 2.45) is 10.7 Å². The van der Waals surface area contributed by atoms with E-state index in [1.54, 1.807) is 0 Å². The lowest BCUT2D eigenvalue weighted by Gasteiger charge is -2.16. The summed E-state index contributed by atoms with van der Waals surface area (Å²) < 4.78 is 0. The minimum absolute atomic E-state index is 0.0431. The highest BCUT2D eigenvalue weighted by atomic mass is 16.6. The molecule has 1 aromatic rings. The molecule has 1 aliphatic heterocycles. The summed E-state index contributed by atoms with van der Waals surface area (Å²) >= 11 is 0. The lowest BCUT2D eigenvalue weighted by atomic mass is 10.1. The van der Waals surface area contributed by atoms with Crippen LogP contribution >= 0.6 is 0 Å². The van der Waals surface area contributed by atoms with Gasteiger partial charge in [-0.25, -0.2) is 0 Å². The van der Waals surface area contributed by atoms with E-state index in [4.69, 9.17) is 5.73 Å². The van der Waals surface area contributed by atoms with Gasteiger partial charge >= 0.3 is 0 Å². The third-order valence-electron chi connectivity index (χ3n) is 2.36. The Bertz CT molecular complexity index is 564. The largest absolute Gasteiger partial charge is 0.312 e. The fraction of sp³-hybridized carbons (Fsp3) is 0.100. The van der Waals surface area contributed by atoms with E-state index in [0.717, 1.165) is 0 Å². The van der Waals surface area contributed by atoms with Gasteiger partial charge in [-0.2, -0.15) is 4.99 Å². The van der Waals surface area contributed by atoms with Crippen molar-refractivity contribution < 1.29 is 14.5 Å². The van der Waals surface area contributed by atoms with Crippen molar-refractivity contribution in [2.45, 2.75) is 6.04 Å². The molecule has 0 radical (unpaired) electrons. The Morgan fingerprint density at radius 2 is 1.89 bits per heavy atom. The molecule has 0 aliphatic carbocycles. The predicted octanol–water partition coefficient (Wildman–Crippen LogP) is -0.675. The fourth-order valence-corrected chi connectivity index (χ4v) is 1.39. The molecule has 1 aromatic carbocycles. The molecule has 18 heavy (non-hydrogen) atoms. The molecular weight excluding hydrogens is 240 g/mol. The molecule has 2 rings (SSSR count). The summed E-state index contributed by atoms with van der Waals surface area (Å²) in [6, 6.07) is 3.99. The van der Waals surface area contributed by atoms with E-state index in [-0.39, 0.29) is 11.5 Å². The molecule has 0 fully saturated rings. The highest BCUT2D eigenvalue weighted by Gasteiger charge is 2.28. The molecule has 0 saturated heterocycles. The van der Waals surface area contributed by atoms with Crippen LogP contribution in [0.5, 0.6) is 0 Å². The number of carbonyl (C=O) groups is 2. The number of aliphatic imine (C=N–C) groups is 1. The molecule has 1 unspecified atom stereocenters. The van der Waals surface area contributed by atoms with E-state index in [1.807, 2.05) is 0 Å². The van der Waals surface area contributed by atoms with Gasteiger partial charge in [0.25, 0.3) is 17.5 Å². The van der Waals surface area contributed by atoms with Gasteiger partial charge in [0.2, 0.25) is 0 Å². The van der Waals surface area contributed by atoms with E-state index in [2.05, 4.69) is 10.3 Å². The maximum absolute atomic E-state index is 11.3. The number of nitrogens with two attached hydrogens (primary N) is 1. The molecule has 2 amide bonds. The van der Waals surface area contributed by atoms with Gasteiger partial charge in [-0.1, -0.05) is 0 Å². The van der Waals surface area contributed by atoms with Crippen LogP contribution in [0.3, 0.4) is 0 Å². The topological polar surface area (TPSA) is 128 Å². The fourth-order valence-electron chi connectivity index (χ4n) is 1.39. The highest BCUT2D eigenvalue weighted by molar-refractivity contribution is 6.22. The number of hydrogen-bond acceptors (Lipinski definition) is 5. The molecule has 8 nitrogen and oxygen atoms in total. The van der Waals surface area contributed by atoms with Gasteiger partial charge in [-0.3, -0.25) is 19.7 Å². The number of hydrogen-bond donors (Lipinski definition) is 2. The third kappa shape index (κ3) is 2.09. The van der Waals surface area contributed by atoms with Crippen LogP contribution in [0.1, 0.15) is 5.56 Å².